The fraction of sp³-hybridized carbons (Fsp3) is 0.333. The summed E-state index contributed by atoms with van der Waals surface area (Å²) in [5, 5.41) is 5.49. The van der Waals surface area contributed by atoms with E-state index in [1.165, 1.54) is 5.56 Å². The van der Waals surface area contributed by atoms with Gasteiger partial charge in [0.25, 0.3) is 0 Å². The van der Waals surface area contributed by atoms with Crippen LogP contribution >= 0.6 is 0 Å². The van der Waals surface area contributed by atoms with Crippen molar-refractivity contribution in [2.75, 3.05) is 23.9 Å². The van der Waals surface area contributed by atoms with Gasteiger partial charge >= 0.3 is 0 Å². The second-order valence-electron chi connectivity index (χ2n) is 6.15. The van der Waals surface area contributed by atoms with Gasteiger partial charge in [-0.3, -0.25) is 0 Å². The highest BCUT2D eigenvalue weighted by Crippen LogP contribution is 2.19. The van der Waals surface area contributed by atoms with Crippen LogP contribution in [0.1, 0.15) is 5.56 Å². The van der Waals surface area contributed by atoms with Gasteiger partial charge in [0.15, 0.2) is 9.84 Å². The molecular weight excluding hydrogens is 324 g/mol. The van der Waals surface area contributed by atoms with Crippen molar-refractivity contribution in [3.63, 3.8) is 0 Å². The molecule has 1 aliphatic rings. The number of quaternary nitrogens is 1. The summed E-state index contributed by atoms with van der Waals surface area (Å²) in [5.41, 5.74) is 2.11. The molecule has 2 aromatic rings. The van der Waals surface area contributed by atoms with E-state index < -0.39 is 9.84 Å². The molecular formula is C18H23N2O3S+. The van der Waals surface area contributed by atoms with E-state index in [-0.39, 0.29) is 23.6 Å². The number of nitrogens with two attached hydrogens (primary N) is 1. The number of sulfone groups is 1. The molecule has 128 valence electrons. The molecule has 6 heteroatoms. The third-order valence-electron chi connectivity index (χ3n) is 4.34. The summed E-state index contributed by atoms with van der Waals surface area (Å²) in [6, 6.07) is 17.6. The first-order valence-electron chi connectivity index (χ1n) is 8.04. The Balaban J connectivity index is 1.66. The van der Waals surface area contributed by atoms with E-state index in [0.717, 1.165) is 18.0 Å². The Morgan fingerprint density at radius 1 is 1.08 bits per heavy atom. The second kappa shape index (κ2) is 7.23. The van der Waals surface area contributed by atoms with Crippen LogP contribution in [0.25, 0.3) is 0 Å². The van der Waals surface area contributed by atoms with E-state index in [0.29, 0.717) is 0 Å². The summed E-state index contributed by atoms with van der Waals surface area (Å²) in [4.78, 5) is 0. The van der Waals surface area contributed by atoms with Crippen LogP contribution in [0.3, 0.4) is 0 Å². The highest BCUT2D eigenvalue weighted by atomic mass is 32.2. The van der Waals surface area contributed by atoms with Crippen LogP contribution < -0.4 is 15.4 Å². The zero-order chi connectivity index (χ0) is 17.0. The molecule has 0 aromatic heterocycles. The highest BCUT2D eigenvalue weighted by Gasteiger charge is 2.40. The predicted octanol–water partition coefficient (Wildman–Crippen LogP) is 1.04. The molecule has 5 nitrogen and oxygen atoms in total. The van der Waals surface area contributed by atoms with Crippen LogP contribution in [-0.2, 0) is 16.4 Å². The molecule has 3 N–H and O–H groups in total. The van der Waals surface area contributed by atoms with Gasteiger partial charge in [0.1, 0.15) is 24.1 Å². The van der Waals surface area contributed by atoms with E-state index in [9.17, 15) is 8.42 Å². The number of methoxy groups -OCH3 is 1. The van der Waals surface area contributed by atoms with Crippen molar-refractivity contribution in [1.82, 2.24) is 0 Å². The normalized spacial score (nSPS) is 22.2. The number of rotatable bonds is 6. The number of hydrogen-bond acceptors (Lipinski definition) is 4. The maximum Gasteiger partial charge on any atom is 0.158 e. The van der Waals surface area contributed by atoms with Crippen LogP contribution in [0.2, 0.25) is 0 Å². The van der Waals surface area contributed by atoms with Gasteiger partial charge in [-0.2, -0.15) is 0 Å². The number of ether oxygens (including phenoxy) is 1. The summed E-state index contributed by atoms with van der Waals surface area (Å²) in [5.74, 6) is 1.18. The molecule has 3 rings (SSSR count). The number of benzene rings is 2. The fourth-order valence-corrected chi connectivity index (χ4v) is 5.03. The molecule has 1 saturated heterocycles. The van der Waals surface area contributed by atoms with Gasteiger partial charge in [0, 0.05) is 11.3 Å². The van der Waals surface area contributed by atoms with Gasteiger partial charge in [-0.1, -0.05) is 30.3 Å². The highest BCUT2D eigenvalue weighted by molar-refractivity contribution is 7.91. The molecule has 2 atom stereocenters. The molecule has 0 bridgehead atoms. The van der Waals surface area contributed by atoms with Gasteiger partial charge in [0.2, 0.25) is 0 Å². The molecule has 0 radical (unpaired) electrons. The lowest BCUT2D eigenvalue weighted by atomic mass is 10.1. The van der Waals surface area contributed by atoms with Crippen molar-refractivity contribution >= 4 is 15.5 Å². The monoisotopic (exact) mass is 347 g/mol. The van der Waals surface area contributed by atoms with Crippen molar-refractivity contribution < 1.29 is 18.5 Å². The predicted molar refractivity (Wildman–Crippen MR) is 94.9 cm³/mol. The molecule has 0 amide bonds. The van der Waals surface area contributed by atoms with Crippen molar-refractivity contribution in [3.05, 3.63) is 60.2 Å². The Labute approximate surface area is 143 Å². The average molecular weight is 347 g/mol. The van der Waals surface area contributed by atoms with Crippen molar-refractivity contribution in [2.24, 2.45) is 0 Å². The first-order chi connectivity index (χ1) is 11.6. The third kappa shape index (κ3) is 4.27. The standard InChI is InChI=1S/C18H22N2O3S/c1-23-16-9-7-15(8-10-16)20-18-13-24(21,22)12-17(18)19-11-14-5-3-2-4-6-14/h2-10,17-20H,11-13H2,1H3/p+1/t17-,18+/m1/s1. The lowest BCUT2D eigenvalue weighted by Gasteiger charge is -2.19. The van der Waals surface area contributed by atoms with E-state index in [2.05, 4.69) is 22.8 Å². The largest absolute Gasteiger partial charge is 0.497 e. The van der Waals surface area contributed by atoms with Gasteiger partial charge in [0.05, 0.1) is 18.9 Å². The second-order valence-corrected chi connectivity index (χ2v) is 8.30. The van der Waals surface area contributed by atoms with Crippen LogP contribution in [0.5, 0.6) is 5.75 Å². The topological polar surface area (TPSA) is 72.0 Å². The molecule has 0 saturated carbocycles. The molecule has 24 heavy (non-hydrogen) atoms. The smallest absolute Gasteiger partial charge is 0.158 e. The SMILES string of the molecule is COc1ccc(N[C@H]2CS(=O)(=O)C[C@H]2[NH2+]Cc2ccccc2)cc1. The van der Waals surface area contributed by atoms with Gasteiger partial charge in [-0.15, -0.1) is 0 Å². The maximum atomic E-state index is 12.1. The van der Waals surface area contributed by atoms with Crippen molar-refractivity contribution in [1.29, 1.82) is 0 Å². The summed E-state index contributed by atoms with van der Waals surface area (Å²) in [6.07, 6.45) is 0. The van der Waals surface area contributed by atoms with Gasteiger partial charge < -0.3 is 15.4 Å². The van der Waals surface area contributed by atoms with E-state index in [1.807, 2.05) is 42.5 Å². The van der Waals surface area contributed by atoms with E-state index in [4.69, 9.17) is 4.74 Å². The molecule has 1 heterocycles. The summed E-state index contributed by atoms with van der Waals surface area (Å²) in [7, 11) is -1.37. The molecule has 0 spiro atoms. The van der Waals surface area contributed by atoms with E-state index >= 15 is 0 Å². The average Bonchev–Trinajstić information content (AvgIpc) is 2.88. The Morgan fingerprint density at radius 3 is 2.46 bits per heavy atom. The molecule has 1 fully saturated rings. The van der Waals surface area contributed by atoms with Crippen LogP contribution in [-0.4, -0.2) is 39.1 Å². The third-order valence-corrected chi connectivity index (χ3v) is 6.10. The summed E-state index contributed by atoms with van der Waals surface area (Å²) < 4.78 is 29.3. The number of anilines is 1. The van der Waals surface area contributed by atoms with Gasteiger partial charge in [-0.25, -0.2) is 8.42 Å². The van der Waals surface area contributed by atoms with Gasteiger partial charge in [-0.05, 0) is 24.3 Å². The Bertz CT molecular complexity index is 761. The zero-order valence-electron chi connectivity index (χ0n) is 13.7. The molecule has 1 aliphatic heterocycles. The van der Waals surface area contributed by atoms with E-state index in [1.54, 1.807) is 7.11 Å². The Hall–Kier alpha value is -2.05. The lowest BCUT2D eigenvalue weighted by molar-refractivity contribution is -0.700. The molecule has 0 unspecified atom stereocenters. The minimum Gasteiger partial charge on any atom is -0.497 e. The van der Waals surface area contributed by atoms with Crippen molar-refractivity contribution in [2.45, 2.75) is 18.6 Å². The summed E-state index contributed by atoms with van der Waals surface area (Å²) >= 11 is 0. The fourth-order valence-electron chi connectivity index (χ4n) is 3.06. The van der Waals surface area contributed by atoms with Crippen LogP contribution in [0.4, 0.5) is 5.69 Å². The first-order valence-corrected chi connectivity index (χ1v) is 9.86. The minimum atomic E-state index is -3.00. The minimum absolute atomic E-state index is 0.0114. The zero-order valence-corrected chi connectivity index (χ0v) is 14.5. The molecule has 0 aliphatic carbocycles. The Kier molecular flexibility index (Phi) is 5.06. The maximum absolute atomic E-state index is 12.1. The quantitative estimate of drug-likeness (QED) is 0.819. The lowest BCUT2D eigenvalue weighted by Crippen LogP contribution is -2.91. The number of nitrogens with one attached hydrogen (secondary N) is 1. The summed E-state index contributed by atoms with van der Waals surface area (Å²) in [6.45, 7) is 0.780. The number of hydrogen-bond donors (Lipinski definition) is 2. The van der Waals surface area contributed by atoms with Crippen LogP contribution in [0, 0.1) is 0 Å². The first kappa shape index (κ1) is 16.8. The van der Waals surface area contributed by atoms with Crippen molar-refractivity contribution in [3.8, 4) is 5.75 Å². The molecule has 2 aromatic carbocycles. The Morgan fingerprint density at radius 2 is 1.79 bits per heavy atom. The van der Waals surface area contributed by atoms with Crippen LogP contribution in [0.15, 0.2) is 54.6 Å².